The highest BCUT2D eigenvalue weighted by Crippen LogP contribution is 2.01. The summed E-state index contributed by atoms with van der Waals surface area (Å²) in [5.41, 5.74) is 0.953. The van der Waals surface area contributed by atoms with E-state index in [2.05, 4.69) is 5.10 Å². The van der Waals surface area contributed by atoms with Gasteiger partial charge in [0.15, 0.2) is 0 Å². The summed E-state index contributed by atoms with van der Waals surface area (Å²) in [5.74, 6) is -0.780. The zero-order valence-electron chi connectivity index (χ0n) is 8.85. The van der Waals surface area contributed by atoms with Crippen LogP contribution in [0.25, 0.3) is 0 Å². The van der Waals surface area contributed by atoms with Gasteiger partial charge in [-0.1, -0.05) is 0 Å². The maximum absolute atomic E-state index is 10.3. The van der Waals surface area contributed by atoms with Gasteiger partial charge in [-0.25, -0.2) is 0 Å². The molecule has 1 heterocycles. The largest absolute Gasteiger partial charge is 0.481 e. The molecule has 1 aromatic rings. The van der Waals surface area contributed by atoms with Gasteiger partial charge < -0.3 is 9.84 Å². The van der Waals surface area contributed by atoms with Crippen molar-refractivity contribution in [2.75, 3.05) is 13.2 Å². The first-order chi connectivity index (χ1) is 7.22. The topological polar surface area (TPSA) is 64.3 Å². The van der Waals surface area contributed by atoms with Gasteiger partial charge in [-0.3, -0.25) is 9.48 Å². The number of ether oxygens (including phenoxy) is 1. The van der Waals surface area contributed by atoms with Crippen molar-refractivity contribution in [3.8, 4) is 0 Å². The summed E-state index contributed by atoms with van der Waals surface area (Å²) in [6.45, 7) is 3.99. The molecule has 1 aromatic heterocycles. The first-order valence-corrected chi connectivity index (χ1v) is 5.03. The van der Waals surface area contributed by atoms with Gasteiger partial charge in [-0.15, -0.1) is 0 Å². The Bertz CT molecular complexity index is 309. The summed E-state index contributed by atoms with van der Waals surface area (Å²) in [6.07, 6.45) is 4.25. The minimum atomic E-state index is -0.780. The van der Waals surface area contributed by atoms with Crippen LogP contribution in [0.4, 0.5) is 0 Å². The van der Waals surface area contributed by atoms with Crippen molar-refractivity contribution in [2.24, 2.45) is 0 Å². The van der Waals surface area contributed by atoms with Crippen molar-refractivity contribution in [3.05, 3.63) is 18.0 Å². The van der Waals surface area contributed by atoms with E-state index in [1.54, 1.807) is 10.9 Å². The Balaban J connectivity index is 2.32. The quantitative estimate of drug-likeness (QED) is 0.683. The Morgan fingerprint density at radius 3 is 3.13 bits per heavy atom. The lowest BCUT2D eigenvalue weighted by Crippen LogP contribution is -2.05. The first-order valence-electron chi connectivity index (χ1n) is 5.03. The van der Waals surface area contributed by atoms with Crippen molar-refractivity contribution in [1.82, 2.24) is 9.78 Å². The monoisotopic (exact) mass is 212 g/mol. The third-order valence-corrected chi connectivity index (χ3v) is 1.98. The molecular weight excluding hydrogens is 196 g/mol. The predicted molar refractivity (Wildman–Crippen MR) is 54.7 cm³/mol. The number of hydrogen-bond acceptors (Lipinski definition) is 3. The van der Waals surface area contributed by atoms with E-state index in [0.29, 0.717) is 26.2 Å². The number of rotatable bonds is 7. The zero-order valence-corrected chi connectivity index (χ0v) is 8.85. The lowest BCUT2D eigenvalue weighted by Gasteiger charge is -2.00. The van der Waals surface area contributed by atoms with Gasteiger partial charge in [-0.2, -0.15) is 5.10 Å². The van der Waals surface area contributed by atoms with Gasteiger partial charge in [0, 0.05) is 19.2 Å². The van der Waals surface area contributed by atoms with Gasteiger partial charge in [0.1, 0.15) is 0 Å². The van der Waals surface area contributed by atoms with Gasteiger partial charge in [0.05, 0.1) is 19.3 Å². The van der Waals surface area contributed by atoms with Crippen LogP contribution in [0.3, 0.4) is 0 Å². The molecule has 0 bridgehead atoms. The molecule has 0 aliphatic rings. The molecule has 0 atom stereocenters. The summed E-state index contributed by atoms with van der Waals surface area (Å²) in [7, 11) is 0. The number of hydrogen-bond donors (Lipinski definition) is 1. The van der Waals surface area contributed by atoms with Crippen LogP contribution >= 0.6 is 0 Å². The van der Waals surface area contributed by atoms with Crippen molar-refractivity contribution < 1.29 is 14.6 Å². The van der Waals surface area contributed by atoms with Crippen LogP contribution in [0.5, 0.6) is 0 Å². The molecule has 0 unspecified atom stereocenters. The van der Waals surface area contributed by atoms with Crippen LogP contribution in [0.15, 0.2) is 12.4 Å². The molecule has 0 saturated carbocycles. The maximum atomic E-state index is 10.3. The molecule has 0 amide bonds. The van der Waals surface area contributed by atoms with Crippen LogP contribution in [0.1, 0.15) is 18.9 Å². The number of aliphatic carboxylic acids is 1. The summed E-state index contributed by atoms with van der Waals surface area (Å²) < 4.78 is 6.96. The fourth-order valence-corrected chi connectivity index (χ4v) is 1.21. The molecular formula is C10H16N2O3. The molecule has 5 nitrogen and oxygen atoms in total. The molecule has 0 radical (unpaired) electrons. The molecule has 1 N–H and O–H groups in total. The number of carbonyl (C=O) groups is 1. The number of carboxylic acids is 1. The minimum Gasteiger partial charge on any atom is -0.481 e. The normalized spacial score (nSPS) is 10.5. The second-order valence-electron chi connectivity index (χ2n) is 3.20. The average molecular weight is 212 g/mol. The molecule has 0 fully saturated rings. The predicted octanol–water partition coefficient (Wildman–Crippen LogP) is 0.937. The molecule has 0 aliphatic heterocycles. The molecule has 0 saturated heterocycles. The number of nitrogens with zero attached hydrogens (tertiary/aromatic N) is 2. The van der Waals surface area contributed by atoms with E-state index in [1.165, 1.54) is 0 Å². The molecule has 84 valence electrons. The van der Waals surface area contributed by atoms with Crippen LogP contribution in [-0.4, -0.2) is 34.1 Å². The highest BCUT2D eigenvalue weighted by atomic mass is 16.5. The number of carboxylic acid groups (broad SMARTS) is 1. The molecule has 0 spiro atoms. The number of aromatic nitrogens is 2. The highest BCUT2D eigenvalue weighted by Gasteiger charge is 2.01. The van der Waals surface area contributed by atoms with Gasteiger partial charge >= 0.3 is 5.97 Å². The van der Waals surface area contributed by atoms with Crippen LogP contribution in [0, 0.1) is 0 Å². The zero-order chi connectivity index (χ0) is 11.1. The van der Waals surface area contributed by atoms with Crippen LogP contribution in [-0.2, 0) is 22.5 Å². The van der Waals surface area contributed by atoms with Crippen molar-refractivity contribution >= 4 is 5.97 Å². The summed E-state index contributed by atoms with van der Waals surface area (Å²) in [5, 5.41) is 12.6. The first kappa shape index (κ1) is 11.7. The van der Waals surface area contributed by atoms with E-state index >= 15 is 0 Å². The Morgan fingerprint density at radius 2 is 2.47 bits per heavy atom. The van der Waals surface area contributed by atoms with Gasteiger partial charge in [0.25, 0.3) is 0 Å². The van der Waals surface area contributed by atoms with Crippen molar-refractivity contribution in [3.63, 3.8) is 0 Å². The van der Waals surface area contributed by atoms with E-state index in [4.69, 9.17) is 9.84 Å². The SMILES string of the molecule is CCOCCn1cc(CCC(=O)O)cn1. The molecule has 15 heavy (non-hydrogen) atoms. The molecule has 0 aromatic carbocycles. The van der Waals surface area contributed by atoms with E-state index in [1.807, 2.05) is 13.1 Å². The number of aryl methyl sites for hydroxylation is 1. The Hall–Kier alpha value is -1.36. The maximum Gasteiger partial charge on any atom is 0.303 e. The van der Waals surface area contributed by atoms with E-state index < -0.39 is 5.97 Å². The van der Waals surface area contributed by atoms with E-state index in [9.17, 15) is 4.79 Å². The Labute approximate surface area is 88.7 Å². The van der Waals surface area contributed by atoms with Gasteiger partial charge in [-0.05, 0) is 18.9 Å². The second-order valence-corrected chi connectivity index (χ2v) is 3.20. The third-order valence-electron chi connectivity index (χ3n) is 1.98. The Kier molecular flexibility index (Phi) is 4.83. The minimum absolute atomic E-state index is 0.150. The van der Waals surface area contributed by atoms with E-state index in [0.717, 1.165) is 5.56 Å². The summed E-state index contributed by atoms with van der Waals surface area (Å²) >= 11 is 0. The summed E-state index contributed by atoms with van der Waals surface area (Å²) in [6, 6.07) is 0. The standard InChI is InChI=1S/C10H16N2O3/c1-2-15-6-5-12-8-9(7-11-12)3-4-10(13)14/h7-8H,2-6H2,1H3,(H,13,14). The lowest BCUT2D eigenvalue weighted by molar-refractivity contribution is -0.136. The lowest BCUT2D eigenvalue weighted by atomic mass is 10.2. The highest BCUT2D eigenvalue weighted by molar-refractivity contribution is 5.67. The summed E-state index contributed by atoms with van der Waals surface area (Å²) in [4.78, 5) is 10.3. The van der Waals surface area contributed by atoms with Crippen LogP contribution in [0.2, 0.25) is 0 Å². The fourth-order valence-electron chi connectivity index (χ4n) is 1.21. The van der Waals surface area contributed by atoms with Crippen molar-refractivity contribution in [1.29, 1.82) is 0 Å². The smallest absolute Gasteiger partial charge is 0.303 e. The second kappa shape index (κ2) is 6.19. The van der Waals surface area contributed by atoms with E-state index in [-0.39, 0.29) is 6.42 Å². The van der Waals surface area contributed by atoms with Crippen LogP contribution < -0.4 is 0 Å². The van der Waals surface area contributed by atoms with Crippen molar-refractivity contribution in [2.45, 2.75) is 26.3 Å². The fraction of sp³-hybridized carbons (Fsp3) is 0.600. The molecule has 0 aliphatic carbocycles. The molecule has 5 heteroatoms. The average Bonchev–Trinajstić information content (AvgIpc) is 2.63. The molecule has 1 rings (SSSR count). The third kappa shape index (κ3) is 4.60. The van der Waals surface area contributed by atoms with Gasteiger partial charge in [0.2, 0.25) is 0 Å². The Morgan fingerprint density at radius 1 is 1.67 bits per heavy atom.